The van der Waals surface area contributed by atoms with Gasteiger partial charge in [0.05, 0.1) is 21.9 Å². The Morgan fingerprint density at radius 3 is 2.68 bits per heavy atom. The lowest BCUT2D eigenvalue weighted by atomic mass is 10.2. The monoisotopic (exact) mass is 323 g/mol. The summed E-state index contributed by atoms with van der Waals surface area (Å²) in [4.78, 5) is 14.6. The summed E-state index contributed by atoms with van der Waals surface area (Å²) in [6.07, 6.45) is 2.60. The standard InChI is InChI=1S/C14H17N3O4S/c1-2-3-6-9-15-22(20,21)14-10-13(17(18)19)11-7-4-5-8-12(11)16-14/h4-5,7-8,10,15H,2-3,6,9H2,1H3. The van der Waals surface area contributed by atoms with Crippen LogP contribution in [0.5, 0.6) is 0 Å². The summed E-state index contributed by atoms with van der Waals surface area (Å²) >= 11 is 0. The van der Waals surface area contributed by atoms with Gasteiger partial charge in [-0.1, -0.05) is 31.9 Å². The van der Waals surface area contributed by atoms with E-state index >= 15 is 0 Å². The first kappa shape index (κ1) is 16.3. The number of sulfonamides is 1. The Balaban J connectivity index is 2.41. The van der Waals surface area contributed by atoms with Crippen LogP contribution >= 0.6 is 0 Å². The van der Waals surface area contributed by atoms with Crippen molar-refractivity contribution in [1.29, 1.82) is 0 Å². The van der Waals surface area contributed by atoms with Gasteiger partial charge >= 0.3 is 0 Å². The number of para-hydroxylation sites is 1. The number of pyridine rings is 1. The molecule has 7 nitrogen and oxygen atoms in total. The van der Waals surface area contributed by atoms with Gasteiger partial charge in [0.25, 0.3) is 15.7 Å². The first-order chi connectivity index (χ1) is 10.5. The Kier molecular flexibility index (Phi) is 5.04. The molecule has 1 aromatic carbocycles. The van der Waals surface area contributed by atoms with E-state index in [-0.39, 0.29) is 16.2 Å². The third kappa shape index (κ3) is 3.58. The van der Waals surface area contributed by atoms with Gasteiger partial charge in [-0.3, -0.25) is 10.1 Å². The molecule has 0 saturated carbocycles. The molecule has 118 valence electrons. The minimum absolute atomic E-state index is 0.264. The molecule has 2 rings (SSSR count). The van der Waals surface area contributed by atoms with Crippen molar-refractivity contribution in [2.75, 3.05) is 6.54 Å². The maximum absolute atomic E-state index is 12.2. The molecule has 0 fully saturated rings. The summed E-state index contributed by atoms with van der Waals surface area (Å²) in [7, 11) is -3.85. The number of rotatable bonds is 7. The van der Waals surface area contributed by atoms with Gasteiger partial charge < -0.3 is 0 Å². The highest BCUT2D eigenvalue weighted by Crippen LogP contribution is 2.26. The molecule has 0 aliphatic heterocycles. The SMILES string of the molecule is CCCCCNS(=O)(=O)c1cc([N+](=O)[O-])c2ccccc2n1. The lowest BCUT2D eigenvalue weighted by Crippen LogP contribution is -2.25. The fraction of sp³-hybridized carbons (Fsp3) is 0.357. The Labute approximate surface area is 128 Å². The Morgan fingerprint density at radius 1 is 1.27 bits per heavy atom. The Morgan fingerprint density at radius 2 is 2.00 bits per heavy atom. The van der Waals surface area contributed by atoms with Crippen molar-refractivity contribution in [3.63, 3.8) is 0 Å². The lowest BCUT2D eigenvalue weighted by Gasteiger charge is -2.07. The molecule has 0 spiro atoms. The molecular weight excluding hydrogens is 306 g/mol. The number of unbranched alkanes of at least 4 members (excludes halogenated alkanes) is 2. The fourth-order valence-corrected chi connectivity index (χ4v) is 3.12. The first-order valence-corrected chi connectivity index (χ1v) is 8.48. The zero-order chi connectivity index (χ0) is 16.2. The van der Waals surface area contributed by atoms with Gasteiger partial charge in [-0.25, -0.2) is 18.1 Å². The van der Waals surface area contributed by atoms with Crippen LogP contribution in [0.4, 0.5) is 5.69 Å². The van der Waals surface area contributed by atoms with Crippen molar-refractivity contribution >= 4 is 26.6 Å². The van der Waals surface area contributed by atoms with Crippen LogP contribution in [0, 0.1) is 10.1 Å². The smallest absolute Gasteiger partial charge is 0.258 e. The van der Waals surface area contributed by atoms with Gasteiger partial charge in [0, 0.05) is 6.54 Å². The summed E-state index contributed by atoms with van der Waals surface area (Å²) < 4.78 is 26.9. The number of benzene rings is 1. The average Bonchev–Trinajstić information content (AvgIpc) is 2.50. The number of hydrogen-bond donors (Lipinski definition) is 1. The summed E-state index contributed by atoms with van der Waals surface area (Å²) in [5.41, 5.74) is 0.0187. The van der Waals surface area contributed by atoms with Crippen molar-refractivity contribution in [2.24, 2.45) is 0 Å². The highest BCUT2D eigenvalue weighted by molar-refractivity contribution is 7.89. The molecule has 0 aliphatic carbocycles. The highest BCUT2D eigenvalue weighted by Gasteiger charge is 2.22. The second-order valence-electron chi connectivity index (χ2n) is 4.86. The number of hydrogen-bond acceptors (Lipinski definition) is 5. The molecule has 0 saturated heterocycles. The molecule has 8 heteroatoms. The van der Waals surface area contributed by atoms with Gasteiger partial charge in [-0.15, -0.1) is 0 Å². The highest BCUT2D eigenvalue weighted by atomic mass is 32.2. The molecule has 0 amide bonds. The maximum Gasteiger partial charge on any atom is 0.281 e. The summed E-state index contributed by atoms with van der Waals surface area (Å²) in [6.45, 7) is 2.31. The van der Waals surface area contributed by atoms with Crippen LogP contribution in [0.15, 0.2) is 35.4 Å². The van der Waals surface area contributed by atoms with E-state index < -0.39 is 14.9 Å². The molecule has 0 aliphatic rings. The predicted octanol–water partition coefficient (Wildman–Crippen LogP) is 2.61. The van der Waals surface area contributed by atoms with Crippen molar-refractivity contribution in [2.45, 2.75) is 31.2 Å². The average molecular weight is 323 g/mol. The van der Waals surface area contributed by atoms with Crippen molar-refractivity contribution < 1.29 is 13.3 Å². The Hall–Kier alpha value is -2.06. The fourth-order valence-electron chi connectivity index (χ4n) is 2.08. The molecular formula is C14H17N3O4S. The van der Waals surface area contributed by atoms with Gasteiger partial charge in [-0.05, 0) is 18.6 Å². The molecule has 0 unspecified atom stereocenters. The first-order valence-electron chi connectivity index (χ1n) is 6.99. The molecule has 0 atom stereocenters. The summed E-state index contributed by atoms with van der Waals surface area (Å²) in [5.74, 6) is 0. The minimum atomic E-state index is -3.85. The normalized spacial score (nSPS) is 11.7. The molecule has 22 heavy (non-hydrogen) atoms. The number of nitrogens with one attached hydrogen (secondary N) is 1. The third-order valence-corrected chi connectivity index (χ3v) is 4.56. The van der Waals surface area contributed by atoms with Crippen LogP contribution in [-0.4, -0.2) is 24.9 Å². The minimum Gasteiger partial charge on any atom is -0.258 e. The van der Waals surface area contributed by atoms with Gasteiger partial charge in [0.2, 0.25) is 0 Å². The molecule has 2 aromatic rings. The van der Waals surface area contributed by atoms with Crippen LogP contribution in [-0.2, 0) is 10.0 Å². The quantitative estimate of drug-likeness (QED) is 0.479. The van der Waals surface area contributed by atoms with Crippen LogP contribution in [0.25, 0.3) is 10.9 Å². The van der Waals surface area contributed by atoms with Crippen molar-refractivity contribution in [3.05, 3.63) is 40.4 Å². The molecule has 1 heterocycles. The van der Waals surface area contributed by atoms with E-state index in [1.807, 2.05) is 6.92 Å². The van der Waals surface area contributed by atoms with Gasteiger partial charge in [0.1, 0.15) is 0 Å². The Bertz CT molecular complexity index is 790. The largest absolute Gasteiger partial charge is 0.281 e. The van der Waals surface area contributed by atoms with Crippen molar-refractivity contribution in [1.82, 2.24) is 9.71 Å². The zero-order valence-electron chi connectivity index (χ0n) is 12.2. The number of fused-ring (bicyclic) bond motifs is 1. The summed E-state index contributed by atoms with van der Waals surface area (Å²) in [5, 5.41) is 11.1. The predicted molar refractivity (Wildman–Crippen MR) is 83.1 cm³/mol. The number of aromatic nitrogens is 1. The molecule has 0 radical (unpaired) electrons. The second kappa shape index (κ2) is 6.80. The van der Waals surface area contributed by atoms with Crippen LogP contribution in [0.1, 0.15) is 26.2 Å². The van der Waals surface area contributed by atoms with E-state index in [2.05, 4.69) is 9.71 Å². The van der Waals surface area contributed by atoms with Crippen molar-refractivity contribution in [3.8, 4) is 0 Å². The van der Waals surface area contributed by atoms with E-state index in [9.17, 15) is 18.5 Å². The van der Waals surface area contributed by atoms with Crippen LogP contribution in [0.3, 0.4) is 0 Å². The zero-order valence-corrected chi connectivity index (χ0v) is 13.0. The van der Waals surface area contributed by atoms with E-state index in [4.69, 9.17) is 0 Å². The molecule has 1 aromatic heterocycles. The second-order valence-corrected chi connectivity index (χ2v) is 6.57. The number of nitrogens with zero attached hydrogens (tertiary/aromatic N) is 2. The lowest BCUT2D eigenvalue weighted by molar-refractivity contribution is -0.383. The van der Waals surface area contributed by atoms with Crippen LogP contribution < -0.4 is 4.72 Å². The molecule has 1 N–H and O–H groups in total. The maximum atomic E-state index is 12.2. The van der Waals surface area contributed by atoms with E-state index in [0.29, 0.717) is 18.4 Å². The van der Waals surface area contributed by atoms with Crippen LogP contribution in [0.2, 0.25) is 0 Å². The number of nitro groups is 1. The van der Waals surface area contributed by atoms with Gasteiger partial charge in [0.15, 0.2) is 5.03 Å². The van der Waals surface area contributed by atoms with E-state index in [0.717, 1.165) is 18.9 Å². The van der Waals surface area contributed by atoms with Gasteiger partial charge in [-0.2, -0.15) is 0 Å². The topological polar surface area (TPSA) is 102 Å². The molecule has 0 bridgehead atoms. The summed E-state index contributed by atoms with van der Waals surface area (Å²) in [6, 6.07) is 7.41. The van der Waals surface area contributed by atoms with E-state index in [1.54, 1.807) is 24.3 Å². The van der Waals surface area contributed by atoms with E-state index in [1.165, 1.54) is 0 Å². The third-order valence-electron chi connectivity index (χ3n) is 3.22.